The summed E-state index contributed by atoms with van der Waals surface area (Å²) < 4.78 is 16.1. The molecule has 10 atom stereocenters. The summed E-state index contributed by atoms with van der Waals surface area (Å²) in [5.41, 5.74) is 0. The zero-order valence-corrected chi connectivity index (χ0v) is 14.1. The van der Waals surface area contributed by atoms with Gasteiger partial charge in [-0.15, -0.1) is 0 Å². The molecular weight excluding hydrogens is 340 g/mol. The molecule has 25 heavy (non-hydrogen) atoms. The minimum atomic E-state index is -1.58. The van der Waals surface area contributed by atoms with Crippen molar-refractivity contribution in [3.05, 3.63) is 0 Å². The van der Waals surface area contributed by atoms with Gasteiger partial charge in [-0.3, -0.25) is 0 Å². The fourth-order valence-corrected chi connectivity index (χ4v) is 3.06. The second-order valence-corrected chi connectivity index (χ2v) is 6.89. The van der Waals surface area contributed by atoms with Gasteiger partial charge in [0.15, 0.2) is 6.29 Å². The van der Waals surface area contributed by atoms with Gasteiger partial charge < -0.3 is 50.0 Å². The average Bonchev–Trinajstić information content (AvgIpc) is 2.58. The van der Waals surface area contributed by atoms with Gasteiger partial charge in [-0.05, 0) is 5.92 Å². The van der Waals surface area contributed by atoms with Crippen molar-refractivity contribution >= 4 is 0 Å². The number of hydrogen-bond donors (Lipinski definition) is 7. The number of aliphatic hydroxyl groups is 7. The first-order chi connectivity index (χ1) is 11.7. The van der Waals surface area contributed by atoms with E-state index in [9.17, 15) is 30.6 Å². The third-order valence-corrected chi connectivity index (χ3v) is 4.68. The van der Waals surface area contributed by atoms with Gasteiger partial charge in [0.25, 0.3) is 0 Å². The summed E-state index contributed by atoms with van der Waals surface area (Å²) in [4.78, 5) is 0. The molecule has 0 saturated carbocycles. The topological polar surface area (TPSA) is 169 Å². The highest BCUT2D eigenvalue weighted by Gasteiger charge is 2.47. The summed E-state index contributed by atoms with van der Waals surface area (Å²) in [6.07, 6.45) is -13.0. The Morgan fingerprint density at radius 1 is 0.760 bits per heavy atom. The fraction of sp³-hybridized carbons (Fsp3) is 1.00. The summed E-state index contributed by atoms with van der Waals surface area (Å²) in [6, 6.07) is 0. The second kappa shape index (κ2) is 8.53. The molecule has 0 aromatic rings. The van der Waals surface area contributed by atoms with E-state index in [2.05, 4.69) is 0 Å². The molecule has 10 heteroatoms. The van der Waals surface area contributed by atoms with Crippen LogP contribution in [0.4, 0.5) is 0 Å². The van der Waals surface area contributed by atoms with Crippen LogP contribution in [0.2, 0.25) is 0 Å². The molecule has 0 spiro atoms. The predicted octanol–water partition coefficient (Wildman–Crippen LogP) is -3.69. The SMILES string of the molecule is CC(C)C1O[C@H](CO[C@@H]2O[C@H](CO)[C@H](O)[C@H](O)[C@H]2O)[C@H](O)[C@H](O)[C@H]1O. The summed E-state index contributed by atoms with van der Waals surface area (Å²) in [7, 11) is 0. The van der Waals surface area contributed by atoms with E-state index in [0.717, 1.165) is 0 Å². The maximum Gasteiger partial charge on any atom is 0.186 e. The van der Waals surface area contributed by atoms with Gasteiger partial charge in [-0.25, -0.2) is 0 Å². The van der Waals surface area contributed by atoms with Crippen molar-refractivity contribution in [1.29, 1.82) is 0 Å². The molecule has 0 aromatic heterocycles. The lowest BCUT2D eigenvalue weighted by Gasteiger charge is -2.43. The van der Waals surface area contributed by atoms with Crippen molar-refractivity contribution in [2.75, 3.05) is 13.2 Å². The summed E-state index contributed by atoms with van der Waals surface area (Å²) in [5.74, 6) is -0.132. The van der Waals surface area contributed by atoms with Crippen LogP contribution in [0.3, 0.4) is 0 Å². The van der Waals surface area contributed by atoms with Crippen LogP contribution in [0.1, 0.15) is 13.8 Å². The van der Waals surface area contributed by atoms with E-state index in [1.54, 1.807) is 13.8 Å². The van der Waals surface area contributed by atoms with Gasteiger partial charge in [-0.1, -0.05) is 13.8 Å². The minimum Gasteiger partial charge on any atom is -0.394 e. The predicted molar refractivity (Wildman–Crippen MR) is 81.2 cm³/mol. The van der Waals surface area contributed by atoms with Crippen LogP contribution in [0.5, 0.6) is 0 Å². The van der Waals surface area contributed by atoms with Crippen molar-refractivity contribution in [3.63, 3.8) is 0 Å². The molecule has 2 rings (SSSR count). The number of aliphatic hydroxyl groups excluding tert-OH is 7. The first-order valence-corrected chi connectivity index (χ1v) is 8.30. The second-order valence-electron chi connectivity index (χ2n) is 6.89. The Hall–Kier alpha value is -0.400. The van der Waals surface area contributed by atoms with E-state index in [4.69, 9.17) is 19.3 Å². The highest BCUT2D eigenvalue weighted by atomic mass is 16.7. The molecule has 1 unspecified atom stereocenters. The highest BCUT2D eigenvalue weighted by Crippen LogP contribution is 2.27. The first kappa shape index (κ1) is 20.9. The van der Waals surface area contributed by atoms with Crippen molar-refractivity contribution < 1.29 is 50.0 Å². The molecular formula is C15H28O10. The fourth-order valence-electron chi connectivity index (χ4n) is 3.06. The quantitative estimate of drug-likeness (QED) is 0.256. The molecule has 10 nitrogen and oxygen atoms in total. The average molecular weight is 368 g/mol. The van der Waals surface area contributed by atoms with Gasteiger partial charge >= 0.3 is 0 Å². The van der Waals surface area contributed by atoms with E-state index >= 15 is 0 Å². The normalized spacial score (nSPS) is 48.7. The lowest BCUT2D eigenvalue weighted by Crippen LogP contribution is -2.62. The van der Waals surface area contributed by atoms with Gasteiger partial charge in [0.2, 0.25) is 0 Å². The van der Waals surface area contributed by atoms with Crippen molar-refractivity contribution in [2.24, 2.45) is 5.92 Å². The molecule has 0 amide bonds. The lowest BCUT2D eigenvalue weighted by atomic mass is 9.89. The maximum atomic E-state index is 10.0. The minimum absolute atomic E-state index is 0.132. The van der Waals surface area contributed by atoms with Gasteiger partial charge in [0.1, 0.15) is 48.8 Å². The van der Waals surface area contributed by atoms with Crippen LogP contribution in [0.25, 0.3) is 0 Å². The Morgan fingerprint density at radius 3 is 1.88 bits per heavy atom. The Kier molecular flexibility index (Phi) is 7.13. The van der Waals surface area contributed by atoms with Crippen LogP contribution in [0, 0.1) is 5.92 Å². The van der Waals surface area contributed by atoms with Crippen LogP contribution in [0.15, 0.2) is 0 Å². The lowest BCUT2D eigenvalue weighted by molar-refractivity contribution is -0.315. The molecule has 2 heterocycles. The summed E-state index contributed by atoms with van der Waals surface area (Å²) in [6.45, 7) is 2.67. The first-order valence-electron chi connectivity index (χ1n) is 8.30. The van der Waals surface area contributed by atoms with E-state index < -0.39 is 67.8 Å². The Balaban J connectivity index is 1.99. The molecule has 0 bridgehead atoms. The molecule has 2 fully saturated rings. The zero-order chi connectivity index (χ0) is 18.9. The molecule has 2 aliphatic rings. The van der Waals surface area contributed by atoms with Crippen LogP contribution < -0.4 is 0 Å². The summed E-state index contributed by atoms with van der Waals surface area (Å²) >= 11 is 0. The largest absolute Gasteiger partial charge is 0.394 e. The van der Waals surface area contributed by atoms with Gasteiger partial charge in [0, 0.05) is 0 Å². The number of ether oxygens (including phenoxy) is 3. The van der Waals surface area contributed by atoms with Crippen molar-refractivity contribution in [3.8, 4) is 0 Å². The molecule has 2 saturated heterocycles. The molecule has 148 valence electrons. The third kappa shape index (κ3) is 4.30. The highest BCUT2D eigenvalue weighted by molar-refractivity contribution is 4.94. The van der Waals surface area contributed by atoms with Crippen LogP contribution >= 0.6 is 0 Å². The monoisotopic (exact) mass is 368 g/mol. The summed E-state index contributed by atoms with van der Waals surface area (Å²) in [5, 5.41) is 68.5. The van der Waals surface area contributed by atoms with E-state index in [-0.39, 0.29) is 12.5 Å². The van der Waals surface area contributed by atoms with Crippen molar-refractivity contribution in [2.45, 2.75) is 75.1 Å². The Bertz CT molecular complexity index is 419. The van der Waals surface area contributed by atoms with Crippen LogP contribution in [-0.4, -0.2) is 110 Å². The Morgan fingerprint density at radius 2 is 1.32 bits per heavy atom. The third-order valence-electron chi connectivity index (χ3n) is 4.68. The zero-order valence-electron chi connectivity index (χ0n) is 14.1. The molecule has 2 aliphatic heterocycles. The van der Waals surface area contributed by atoms with Gasteiger partial charge in [-0.2, -0.15) is 0 Å². The molecule has 7 N–H and O–H groups in total. The van der Waals surface area contributed by atoms with Gasteiger partial charge in [0.05, 0.1) is 19.3 Å². The standard InChI is InChI=1S/C15H28O10/c1-5(2)14-12(21)10(19)9(18)7(24-14)4-23-15-13(22)11(20)8(17)6(3-16)25-15/h5-22H,3-4H2,1-2H3/t6-,7-,8+,9+,10+,11+,12-,13-,14?,15-/m1/s1. The van der Waals surface area contributed by atoms with Crippen LogP contribution in [-0.2, 0) is 14.2 Å². The number of rotatable bonds is 5. The molecule has 0 aliphatic carbocycles. The van der Waals surface area contributed by atoms with E-state index in [0.29, 0.717) is 0 Å². The van der Waals surface area contributed by atoms with Crippen molar-refractivity contribution in [1.82, 2.24) is 0 Å². The van der Waals surface area contributed by atoms with E-state index in [1.807, 2.05) is 0 Å². The molecule has 0 radical (unpaired) electrons. The number of hydrogen-bond acceptors (Lipinski definition) is 10. The van der Waals surface area contributed by atoms with E-state index in [1.165, 1.54) is 0 Å². The molecule has 0 aromatic carbocycles. The maximum absolute atomic E-state index is 10.0. The smallest absolute Gasteiger partial charge is 0.186 e. The Labute approximate surface area is 145 Å².